The highest BCUT2D eigenvalue weighted by atomic mass is 16.6. The number of fused-ring (bicyclic) bond motifs is 1. The molecule has 3 aromatic carbocycles. The van der Waals surface area contributed by atoms with Crippen LogP contribution in [0.2, 0.25) is 0 Å². The quantitative estimate of drug-likeness (QED) is 0.312. The molecule has 0 saturated heterocycles. The molecule has 9 nitrogen and oxygen atoms in total. The van der Waals surface area contributed by atoms with Crippen LogP contribution in [0.1, 0.15) is 48.8 Å². The number of benzene rings is 3. The molecule has 1 atom stereocenters. The number of rotatable bonds is 8. The van der Waals surface area contributed by atoms with E-state index in [1.54, 1.807) is 51.1 Å². The Bertz CT molecular complexity index is 1630. The van der Waals surface area contributed by atoms with Crippen molar-refractivity contribution in [2.45, 2.75) is 51.7 Å². The number of anilines is 1. The number of nitriles is 2. The standard InChI is InChI=1S/C32H32N6O3/c1-32(2,3)41-31(40)37-27(17-22-7-11-24(20-34)12-8-22)30(39)35-25-14-15-28-26(18-25)36-29(38(28)4)16-13-21-5-9-23(19-33)10-6-21/h5-12,14-15,18,27H,13,16-17H2,1-4H3,(H,35,39)(H,37,40). The lowest BCUT2D eigenvalue weighted by Gasteiger charge is -2.23. The molecule has 4 rings (SSSR count). The summed E-state index contributed by atoms with van der Waals surface area (Å²) in [6.07, 6.45) is 1.01. The largest absolute Gasteiger partial charge is 0.444 e. The average molecular weight is 549 g/mol. The Morgan fingerprint density at radius 2 is 1.54 bits per heavy atom. The molecule has 41 heavy (non-hydrogen) atoms. The van der Waals surface area contributed by atoms with Gasteiger partial charge in [-0.05, 0) is 80.8 Å². The van der Waals surface area contributed by atoms with Crippen LogP contribution < -0.4 is 10.6 Å². The number of carbonyl (C=O) groups excluding carboxylic acids is 2. The highest BCUT2D eigenvalue weighted by molar-refractivity contribution is 5.98. The van der Waals surface area contributed by atoms with E-state index in [9.17, 15) is 9.59 Å². The number of carbonyl (C=O) groups is 2. The maximum absolute atomic E-state index is 13.4. The van der Waals surface area contributed by atoms with E-state index < -0.39 is 23.6 Å². The van der Waals surface area contributed by atoms with E-state index in [0.29, 0.717) is 23.2 Å². The monoisotopic (exact) mass is 548 g/mol. The summed E-state index contributed by atoms with van der Waals surface area (Å²) in [4.78, 5) is 30.7. The Labute approximate surface area is 239 Å². The van der Waals surface area contributed by atoms with Gasteiger partial charge >= 0.3 is 6.09 Å². The molecule has 0 bridgehead atoms. The van der Waals surface area contributed by atoms with Gasteiger partial charge in [0.25, 0.3) is 0 Å². The second-order valence-electron chi connectivity index (χ2n) is 10.8. The van der Waals surface area contributed by atoms with Crippen LogP contribution in [-0.4, -0.2) is 33.2 Å². The van der Waals surface area contributed by atoms with Gasteiger partial charge in [0.15, 0.2) is 0 Å². The summed E-state index contributed by atoms with van der Waals surface area (Å²) in [6.45, 7) is 5.26. The van der Waals surface area contributed by atoms with Crippen LogP contribution in [0.3, 0.4) is 0 Å². The van der Waals surface area contributed by atoms with Crippen molar-refractivity contribution in [3.05, 3.63) is 94.8 Å². The summed E-state index contributed by atoms with van der Waals surface area (Å²) in [5.41, 5.74) is 4.54. The molecule has 1 unspecified atom stereocenters. The first-order valence-corrected chi connectivity index (χ1v) is 13.3. The molecule has 0 spiro atoms. The van der Waals surface area contributed by atoms with Crippen LogP contribution >= 0.6 is 0 Å². The summed E-state index contributed by atoms with van der Waals surface area (Å²) >= 11 is 0. The number of amides is 2. The number of ether oxygens (including phenoxy) is 1. The minimum atomic E-state index is -0.916. The van der Waals surface area contributed by atoms with Crippen molar-refractivity contribution in [1.82, 2.24) is 14.9 Å². The van der Waals surface area contributed by atoms with Gasteiger partial charge < -0.3 is 19.9 Å². The second-order valence-corrected chi connectivity index (χ2v) is 10.8. The predicted octanol–water partition coefficient (Wildman–Crippen LogP) is 5.18. The number of aryl methyl sites for hydroxylation is 3. The van der Waals surface area contributed by atoms with E-state index in [-0.39, 0.29) is 6.42 Å². The number of nitrogens with one attached hydrogen (secondary N) is 2. The van der Waals surface area contributed by atoms with Crippen molar-refractivity contribution in [3.8, 4) is 12.1 Å². The number of aromatic nitrogens is 2. The molecule has 0 aliphatic rings. The van der Waals surface area contributed by atoms with E-state index >= 15 is 0 Å². The summed E-state index contributed by atoms with van der Waals surface area (Å²) in [7, 11) is 1.96. The van der Waals surface area contributed by atoms with Crippen molar-refractivity contribution in [2.75, 3.05) is 5.32 Å². The smallest absolute Gasteiger partial charge is 0.408 e. The molecule has 208 valence electrons. The SMILES string of the molecule is Cn1c(CCc2ccc(C#N)cc2)nc2cc(NC(=O)C(Cc3ccc(C#N)cc3)NC(=O)OC(C)(C)C)ccc21. The minimum absolute atomic E-state index is 0.210. The average Bonchev–Trinajstić information content (AvgIpc) is 3.25. The molecule has 0 aliphatic heterocycles. The first-order valence-electron chi connectivity index (χ1n) is 13.3. The molecule has 1 heterocycles. The van der Waals surface area contributed by atoms with Crippen molar-refractivity contribution in [1.29, 1.82) is 10.5 Å². The summed E-state index contributed by atoms with van der Waals surface area (Å²) in [5, 5.41) is 23.7. The maximum atomic E-state index is 13.4. The predicted molar refractivity (Wildman–Crippen MR) is 156 cm³/mol. The van der Waals surface area contributed by atoms with Crippen LogP contribution in [0.25, 0.3) is 11.0 Å². The van der Waals surface area contributed by atoms with Gasteiger partial charge in [0, 0.05) is 25.6 Å². The lowest BCUT2D eigenvalue weighted by atomic mass is 10.0. The van der Waals surface area contributed by atoms with Gasteiger partial charge in [0.05, 0.1) is 34.3 Å². The molecular weight excluding hydrogens is 516 g/mol. The van der Waals surface area contributed by atoms with Crippen LogP contribution in [0.4, 0.5) is 10.5 Å². The second kappa shape index (κ2) is 12.4. The maximum Gasteiger partial charge on any atom is 0.408 e. The third-order valence-electron chi connectivity index (χ3n) is 6.49. The van der Waals surface area contributed by atoms with Gasteiger partial charge in [0.1, 0.15) is 17.5 Å². The first-order chi connectivity index (χ1) is 19.5. The zero-order chi connectivity index (χ0) is 29.6. The Balaban J connectivity index is 1.49. The summed E-state index contributed by atoms with van der Waals surface area (Å²) in [6, 6.07) is 23.2. The molecule has 0 fully saturated rings. The van der Waals surface area contributed by atoms with Crippen molar-refractivity contribution in [3.63, 3.8) is 0 Å². The number of hydrogen-bond donors (Lipinski definition) is 2. The number of alkyl carbamates (subject to hydrolysis) is 1. The number of hydrogen-bond acceptors (Lipinski definition) is 6. The first kappa shape index (κ1) is 28.8. The molecule has 0 aliphatic carbocycles. The third kappa shape index (κ3) is 7.71. The van der Waals surface area contributed by atoms with Crippen molar-refractivity contribution < 1.29 is 14.3 Å². The minimum Gasteiger partial charge on any atom is -0.444 e. The molecule has 0 radical (unpaired) electrons. The fourth-order valence-electron chi connectivity index (χ4n) is 4.39. The lowest BCUT2D eigenvalue weighted by Crippen LogP contribution is -2.47. The van der Waals surface area contributed by atoms with E-state index in [2.05, 4.69) is 22.8 Å². The highest BCUT2D eigenvalue weighted by Gasteiger charge is 2.25. The van der Waals surface area contributed by atoms with E-state index in [1.807, 2.05) is 48.0 Å². The van der Waals surface area contributed by atoms with Crippen LogP contribution in [0, 0.1) is 22.7 Å². The van der Waals surface area contributed by atoms with Gasteiger partial charge in [0.2, 0.25) is 5.91 Å². The fourth-order valence-corrected chi connectivity index (χ4v) is 4.39. The molecular formula is C32H32N6O3. The molecule has 2 N–H and O–H groups in total. The van der Waals surface area contributed by atoms with Crippen LogP contribution in [0.5, 0.6) is 0 Å². The fraction of sp³-hybridized carbons (Fsp3) is 0.281. The Morgan fingerprint density at radius 3 is 2.12 bits per heavy atom. The third-order valence-corrected chi connectivity index (χ3v) is 6.49. The Morgan fingerprint density at radius 1 is 0.927 bits per heavy atom. The van der Waals surface area contributed by atoms with Crippen LogP contribution in [-0.2, 0) is 35.8 Å². The zero-order valence-electron chi connectivity index (χ0n) is 23.6. The van der Waals surface area contributed by atoms with E-state index in [1.165, 1.54) is 0 Å². The van der Waals surface area contributed by atoms with Crippen molar-refractivity contribution in [2.24, 2.45) is 7.05 Å². The van der Waals surface area contributed by atoms with Gasteiger partial charge in [-0.15, -0.1) is 0 Å². The number of imidazole rings is 1. The molecule has 0 saturated carbocycles. The van der Waals surface area contributed by atoms with Gasteiger partial charge in [-0.3, -0.25) is 4.79 Å². The van der Waals surface area contributed by atoms with E-state index in [0.717, 1.165) is 34.4 Å². The summed E-state index contributed by atoms with van der Waals surface area (Å²) < 4.78 is 7.41. The molecule has 4 aromatic rings. The van der Waals surface area contributed by atoms with E-state index in [4.69, 9.17) is 20.2 Å². The molecule has 2 amide bonds. The Hall–Kier alpha value is -5.15. The van der Waals surface area contributed by atoms with Crippen molar-refractivity contribution >= 4 is 28.7 Å². The van der Waals surface area contributed by atoms with Gasteiger partial charge in [-0.1, -0.05) is 24.3 Å². The lowest BCUT2D eigenvalue weighted by molar-refractivity contribution is -0.118. The zero-order valence-corrected chi connectivity index (χ0v) is 23.6. The Kier molecular flexibility index (Phi) is 8.69. The van der Waals surface area contributed by atoms with Crippen LogP contribution in [0.15, 0.2) is 66.7 Å². The van der Waals surface area contributed by atoms with Gasteiger partial charge in [-0.25, -0.2) is 9.78 Å². The molecule has 9 heteroatoms. The summed E-state index contributed by atoms with van der Waals surface area (Å²) in [5.74, 6) is 0.495. The van der Waals surface area contributed by atoms with Gasteiger partial charge in [-0.2, -0.15) is 10.5 Å². The topological polar surface area (TPSA) is 133 Å². The number of nitrogens with zero attached hydrogens (tertiary/aromatic N) is 4. The highest BCUT2D eigenvalue weighted by Crippen LogP contribution is 2.21. The molecule has 1 aromatic heterocycles. The normalized spacial score (nSPS) is 11.8.